The Morgan fingerprint density at radius 1 is 1.24 bits per heavy atom. The van der Waals surface area contributed by atoms with Gasteiger partial charge in [0, 0.05) is 10.9 Å². The van der Waals surface area contributed by atoms with Crippen LogP contribution in [0.15, 0.2) is 51.6 Å². The second kappa shape index (κ2) is 5.89. The Balaban J connectivity index is 1.78. The van der Waals surface area contributed by atoms with E-state index in [1.165, 1.54) is 0 Å². The van der Waals surface area contributed by atoms with Gasteiger partial charge in [0.15, 0.2) is 0 Å². The predicted octanol–water partition coefficient (Wildman–Crippen LogP) is 3.51. The van der Waals surface area contributed by atoms with E-state index in [2.05, 4.69) is 15.9 Å². The molecule has 0 aliphatic heterocycles. The van der Waals surface area contributed by atoms with E-state index in [1.54, 1.807) is 6.26 Å². The molecule has 0 fully saturated rings. The maximum atomic E-state index is 5.95. The minimum Gasteiger partial charge on any atom is -0.494 e. The molecule has 0 radical (unpaired) electrons. The summed E-state index contributed by atoms with van der Waals surface area (Å²) in [5, 5.41) is 0. The summed E-state index contributed by atoms with van der Waals surface area (Å²) in [5.41, 5.74) is 5.95. The van der Waals surface area contributed by atoms with Gasteiger partial charge in [-0.25, -0.2) is 0 Å². The Bertz CT molecular complexity index is 439. The van der Waals surface area contributed by atoms with Gasteiger partial charge in [0.25, 0.3) is 0 Å². The zero-order chi connectivity index (χ0) is 12.1. The third kappa shape index (κ3) is 3.61. The number of ether oxygens (including phenoxy) is 1. The highest BCUT2D eigenvalue weighted by Crippen LogP contribution is 2.18. The van der Waals surface area contributed by atoms with Gasteiger partial charge >= 0.3 is 0 Å². The highest BCUT2D eigenvalue weighted by Gasteiger charge is 2.08. The van der Waals surface area contributed by atoms with E-state index < -0.39 is 0 Å². The topological polar surface area (TPSA) is 48.4 Å². The van der Waals surface area contributed by atoms with Gasteiger partial charge in [0.2, 0.25) is 0 Å². The first-order valence-electron chi connectivity index (χ1n) is 5.43. The average molecular weight is 296 g/mol. The van der Waals surface area contributed by atoms with Crippen molar-refractivity contribution >= 4 is 15.9 Å². The van der Waals surface area contributed by atoms with E-state index in [4.69, 9.17) is 14.9 Å². The third-order valence-corrected chi connectivity index (χ3v) is 2.95. The lowest BCUT2D eigenvalue weighted by Crippen LogP contribution is -2.13. The van der Waals surface area contributed by atoms with E-state index in [-0.39, 0.29) is 6.04 Å². The van der Waals surface area contributed by atoms with Gasteiger partial charge in [0.1, 0.15) is 11.5 Å². The van der Waals surface area contributed by atoms with Crippen LogP contribution in [0.2, 0.25) is 0 Å². The molecular weight excluding hydrogens is 282 g/mol. The maximum Gasteiger partial charge on any atom is 0.120 e. The van der Waals surface area contributed by atoms with Gasteiger partial charge in [-0.2, -0.15) is 0 Å². The molecule has 2 N–H and O–H groups in total. The van der Waals surface area contributed by atoms with Crippen LogP contribution in [0.3, 0.4) is 0 Å². The zero-order valence-electron chi connectivity index (χ0n) is 9.30. The molecule has 4 heteroatoms. The largest absolute Gasteiger partial charge is 0.494 e. The van der Waals surface area contributed by atoms with Crippen LogP contribution < -0.4 is 10.5 Å². The van der Waals surface area contributed by atoms with Crippen LogP contribution in [0.25, 0.3) is 0 Å². The van der Waals surface area contributed by atoms with Crippen molar-refractivity contribution in [2.24, 2.45) is 5.73 Å². The van der Waals surface area contributed by atoms with Crippen molar-refractivity contribution < 1.29 is 9.15 Å². The molecule has 0 saturated carbocycles. The third-order valence-electron chi connectivity index (χ3n) is 2.42. The van der Waals surface area contributed by atoms with Gasteiger partial charge in [-0.1, -0.05) is 15.9 Å². The molecular formula is C13H14BrNO2. The predicted molar refractivity (Wildman–Crippen MR) is 69.9 cm³/mol. The van der Waals surface area contributed by atoms with E-state index in [9.17, 15) is 0 Å². The summed E-state index contributed by atoms with van der Waals surface area (Å²) in [7, 11) is 0. The van der Waals surface area contributed by atoms with Gasteiger partial charge < -0.3 is 14.9 Å². The second-order valence-electron chi connectivity index (χ2n) is 3.71. The molecule has 0 spiro atoms. The molecule has 1 heterocycles. The lowest BCUT2D eigenvalue weighted by atomic mass is 10.2. The first kappa shape index (κ1) is 12.2. The number of hydrogen-bond donors (Lipinski definition) is 1. The standard InChI is InChI=1S/C13H14BrNO2/c14-10-3-5-11(6-4-10)16-9-7-12(15)13-2-1-8-17-13/h1-6,8,12H,7,9,15H2. The van der Waals surface area contributed by atoms with Gasteiger partial charge in [0.05, 0.1) is 18.9 Å². The van der Waals surface area contributed by atoms with Crippen molar-refractivity contribution in [1.82, 2.24) is 0 Å². The van der Waals surface area contributed by atoms with Crippen molar-refractivity contribution in [3.05, 3.63) is 52.9 Å². The molecule has 0 bridgehead atoms. The summed E-state index contributed by atoms with van der Waals surface area (Å²) < 4.78 is 11.9. The molecule has 0 aliphatic rings. The molecule has 90 valence electrons. The summed E-state index contributed by atoms with van der Waals surface area (Å²) in [5.74, 6) is 1.64. The molecule has 0 aliphatic carbocycles. The lowest BCUT2D eigenvalue weighted by molar-refractivity contribution is 0.289. The molecule has 3 nitrogen and oxygen atoms in total. The summed E-state index contributed by atoms with van der Waals surface area (Å²) >= 11 is 3.38. The number of hydrogen-bond acceptors (Lipinski definition) is 3. The SMILES string of the molecule is NC(CCOc1ccc(Br)cc1)c1ccco1. The molecule has 1 unspecified atom stereocenters. The lowest BCUT2D eigenvalue weighted by Gasteiger charge is -2.10. The van der Waals surface area contributed by atoms with Crippen molar-refractivity contribution in [3.63, 3.8) is 0 Å². The Morgan fingerprint density at radius 3 is 2.65 bits per heavy atom. The molecule has 1 aromatic carbocycles. The molecule has 0 saturated heterocycles. The van der Waals surface area contributed by atoms with Crippen LogP contribution in [0.4, 0.5) is 0 Å². The molecule has 2 aromatic rings. The normalized spacial score (nSPS) is 12.4. The molecule has 1 aromatic heterocycles. The van der Waals surface area contributed by atoms with Crippen LogP contribution in [-0.2, 0) is 0 Å². The van der Waals surface area contributed by atoms with Gasteiger partial charge in [-0.05, 0) is 36.4 Å². The molecule has 0 amide bonds. The first-order chi connectivity index (χ1) is 8.25. The van der Waals surface area contributed by atoms with E-state index in [0.717, 1.165) is 22.4 Å². The summed E-state index contributed by atoms with van der Waals surface area (Å²) in [6.45, 7) is 0.573. The van der Waals surface area contributed by atoms with Crippen LogP contribution in [0.5, 0.6) is 5.75 Å². The van der Waals surface area contributed by atoms with Crippen LogP contribution in [0.1, 0.15) is 18.2 Å². The summed E-state index contributed by atoms with van der Waals surface area (Å²) in [6, 6.07) is 11.3. The fraction of sp³-hybridized carbons (Fsp3) is 0.231. The van der Waals surface area contributed by atoms with Gasteiger partial charge in [-0.3, -0.25) is 0 Å². The molecule has 1 atom stereocenters. The first-order valence-corrected chi connectivity index (χ1v) is 6.22. The number of halogens is 1. The van der Waals surface area contributed by atoms with Crippen molar-refractivity contribution in [1.29, 1.82) is 0 Å². The van der Waals surface area contributed by atoms with E-state index in [1.807, 2.05) is 36.4 Å². The van der Waals surface area contributed by atoms with Gasteiger partial charge in [-0.15, -0.1) is 0 Å². The molecule has 2 rings (SSSR count). The van der Waals surface area contributed by atoms with Crippen LogP contribution in [-0.4, -0.2) is 6.61 Å². The minimum absolute atomic E-state index is 0.111. The van der Waals surface area contributed by atoms with Crippen molar-refractivity contribution in [2.75, 3.05) is 6.61 Å². The number of nitrogens with two attached hydrogens (primary N) is 1. The molecule has 17 heavy (non-hydrogen) atoms. The fourth-order valence-corrected chi connectivity index (χ4v) is 1.74. The Labute approximate surface area is 109 Å². The Morgan fingerprint density at radius 2 is 2.00 bits per heavy atom. The number of benzene rings is 1. The smallest absolute Gasteiger partial charge is 0.120 e. The van der Waals surface area contributed by atoms with E-state index >= 15 is 0 Å². The minimum atomic E-state index is -0.111. The summed E-state index contributed by atoms with van der Waals surface area (Å²) in [6.07, 6.45) is 2.36. The Hall–Kier alpha value is -1.26. The van der Waals surface area contributed by atoms with Crippen molar-refractivity contribution in [2.45, 2.75) is 12.5 Å². The second-order valence-corrected chi connectivity index (χ2v) is 4.63. The quantitative estimate of drug-likeness (QED) is 0.918. The zero-order valence-corrected chi connectivity index (χ0v) is 10.9. The van der Waals surface area contributed by atoms with Crippen molar-refractivity contribution in [3.8, 4) is 5.75 Å². The highest BCUT2D eigenvalue weighted by molar-refractivity contribution is 9.10. The monoisotopic (exact) mass is 295 g/mol. The van der Waals surface area contributed by atoms with E-state index in [0.29, 0.717) is 6.61 Å². The van der Waals surface area contributed by atoms with Crippen LogP contribution >= 0.6 is 15.9 Å². The van der Waals surface area contributed by atoms with Crippen LogP contribution in [0, 0.1) is 0 Å². The Kier molecular flexibility index (Phi) is 4.23. The number of furan rings is 1. The highest BCUT2D eigenvalue weighted by atomic mass is 79.9. The maximum absolute atomic E-state index is 5.95. The summed E-state index contributed by atoms with van der Waals surface area (Å²) in [4.78, 5) is 0. The average Bonchev–Trinajstić information content (AvgIpc) is 2.85. The number of rotatable bonds is 5. The fourth-order valence-electron chi connectivity index (χ4n) is 1.48.